The molecule has 0 unspecified atom stereocenters. The molecule has 6 heteroatoms. The fourth-order valence-corrected chi connectivity index (χ4v) is 5.82. The van der Waals surface area contributed by atoms with Gasteiger partial charge in [0.2, 0.25) is 5.95 Å². The molecule has 2 heterocycles. The number of aliphatic hydroxyl groups is 1. The molecule has 2 aromatic heterocycles. The van der Waals surface area contributed by atoms with Crippen LogP contribution in [0.3, 0.4) is 0 Å². The molecule has 0 spiro atoms. The van der Waals surface area contributed by atoms with Crippen molar-refractivity contribution in [3.63, 3.8) is 0 Å². The molecule has 0 saturated heterocycles. The lowest BCUT2D eigenvalue weighted by Gasteiger charge is -2.29. The topological polar surface area (TPSA) is 58.4 Å². The summed E-state index contributed by atoms with van der Waals surface area (Å²) in [4.78, 5) is 22.8. The summed E-state index contributed by atoms with van der Waals surface area (Å²) in [5.74, 6) is 0.736. The van der Waals surface area contributed by atoms with E-state index < -0.39 is 0 Å². The molecule has 1 saturated carbocycles. The SMILES string of the molecule is CN(CCO)c1nc2sc3c(c2c(=O)n1C1CCCCC1)CCCCC3. The smallest absolute Gasteiger partial charge is 0.264 e. The number of aryl methyl sites for hydroxylation is 2. The van der Waals surface area contributed by atoms with Crippen molar-refractivity contribution in [2.45, 2.75) is 70.3 Å². The Bertz CT molecular complexity index is 836. The molecule has 142 valence electrons. The summed E-state index contributed by atoms with van der Waals surface area (Å²) in [7, 11) is 1.93. The predicted molar refractivity (Wildman–Crippen MR) is 108 cm³/mol. The third-order valence-corrected chi connectivity index (χ3v) is 7.15. The molecule has 0 radical (unpaired) electrons. The van der Waals surface area contributed by atoms with Gasteiger partial charge in [-0.2, -0.15) is 0 Å². The molecule has 0 aromatic carbocycles. The van der Waals surface area contributed by atoms with Gasteiger partial charge in [-0.1, -0.05) is 25.7 Å². The van der Waals surface area contributed by atoms with Gasteiger partial charge >= 0.3 is 0 Å². The Morgan fingerprint density at radius 2 is 1.88 bits per heavy atom. The van der Waals surface area contributed by atoms with Gasteiger partial charge in [0.15, 0.2) is 0 Å². The molecule has 5 nitrogen and oxygen atoms in total. The number of aromatic nitrogens is 2. The highest BCUT2D eigenvalue weighted by atomic mass is 32.1. The zero-order chi connectivity index (χ0) is 18.1. The maximum atomic E-state index is 13.6. The van der Waals surface area contributed by atoms with Gasteiger partial charge in [-0.3, -0.25) is 9.36 Å². The van der Waals surface area contributed by atoms with Crippen LogP contribution in [0.4, 0.5) is 5.95 Å². The average molecular weight is 376 g/mol. The van der Waals surface area contributed by atoms with E-state index in [1.54, 1.807) is 11.3 Å². The van der Waals surface area contributed by atoms with E-state index in [-0.39, 0.29) is 18.2 Å². The first-order chi connectivity index (χ1) is 12.7. The minimum atomic E-state index is 0.0655. The first-order valence-electron chi connectivity index (χ1n) is 10.1. The van der Waals surface area contributed by atoms with Crippen LogP contribution >= 0.6 is 11.3 Å². The zero-order valence-electron chi connectivity index (χ0n) is 15.7. The van der Waals surface area contributed by atoms with Gasteiger partial charge < -0.3 is 10.0 Å². The summed E-state index contributed by atoms with van der Waals surface area (Å²) in [5.41, 5.74) is 1.43. The molecule has 0 atom stereocenters. The lowest BCUT2D eigenvalue weighted by molar-refractivity contribution is 0.300. The van der Waals surface area contributed by atoms with Gasteiger partial charge in [0.1, 0.15) is 4.83 Å². The Balaban J connectivity index is 1.92. The standard InChI is InChI=1S/C20H29N3O2S/c1-22(12-13-24)20-21-18-17(15-10-6-3-7-11-16(15)26-18)19(25)23(20)14-8-4-2-5-9-14/h14,24H,2-13H2,1H3. The second-order valence-corrected chi connectivity index (χ2v) is 8.85. The van der Waals surface area contributed by atoms with Crippen molar-refractivity contribution in [1.82, 2.24) is 9.55 Å². The average Bonchev–Trinajstić information content (AvgIpc) is 2.84. The van der Waals surface area contributed by atoms with Crippen molar-refractivity contribution in [3.8, 4) is 0 Å². The van der Waals surface area contributed by atoms with E-state index in [9.17, 15) is 9.90 Å². The van der Waals surface area contributed by atoms with Crippen molar-refractivity contribution in [2.24, 2.45) is 0 Å². The molecule has 1 N–H and O–H groups in total. The fourth-order valence-electron chi connectivity index (χ4n) is 4.57. The van der Waals surface area contributed by atoms with Crippen molar-refractivity contribution < 1.29 is 5.11 Å². The van der Waals surface area contributed by atoms with Crippen LogP contribution in [-0.2, 0) is 12.8 Å². The molecule has 1 fully saturated rings. The van der Waals surface area contributed by atoms with Gasteiger partial charge in [0.25, 0.3) is 5.56 Å². The van der Waals surface area contributed by atoms with Gasteiger partial charge in [0, 0.05) is 24.5 Å². The van der Waals surface area contributed by atoms with E-state index >= 15 is 0 Å². The highest BCUT2D eigenvalue weighted by Crippen LogP contribution is 2.36. The normalized spacial score (nSPS) is 18.7. The second-order valence-electron chi connectivity index (χ2n) is 7.77. The number of hydrogen-bond donors (Lipinski definition) is 1. The number of aliphatic hydroxyl groups excluding tert-OH is 1. The van der Waals surface area contributed by atoms with Crippen molar-refractivity contribution in [3.05, 3.63) is 20.8 Å². The number of nitrogens with zero attached hydrogens (tertiary/aromatic N) is 3. The van der Waals surface area contributed by atoms with Crippen LogP contribution in [0.15, 0.2) is 4.79 Å². The van der Waals surface area contributed by atoms with Crippen LogP contribution < -0.4 is 10.5 Å². The molecule has 26 heavy (non-hydrogen) atoms. The molecular formula is C20H29N3O2S. The van der Waals surface area contributed by atoms with E-state index in [1.165, 1.54) is 49.0 Å². The molecule has 2 aromatic rings. The van der Waals surface area contributed by atoms with Gasteiger partial charge in [-0.25, -0.2) is 4.98 Å². The van der Waals surface area contributed by atoms with Crippen molar-refractivity contribution >= 4 is 27.5 Å². The van der Waals surface area contributed by atoms with E-state index in [0.29, 0.717) is 6.54 Å². The van der Waals surface area contributed by atoms with E-state index in [2.05, 4.69) is 0 Å². The van der Waals surface area contributed by atoms with Crippen LogP contribution in [0.1, 0.15) is 67.8 Å². The highest BCUT2D eigenvalue weighted by molar-refractivity contribution is 7.18. The van der Waals surface area contributed by atoms with Crippen LogP contribution in [0.25, 0.3) is 10.2 Å². The summed E-state index contributed by atoms with van der Waals surface area (Å²) in [6.07, 6.45) is 11.5. The largest absolute Gasteiger partial charge is 0.395 e. The lowest BCUT2D eigenvalue weighted by Crippen LogP contribution is -2.35. The zero-order valence-corrected chi connectivity index (χ0v) is 16.5. The first kappa shape index (κ1) is 18.0. The Morgan fingerprint density at radius 1 is 1.15 bits per heavy atom. The van der Waals surface area contributed by atoms with Crippen LogP contribution in [0.5, 0.6) is 0 Å². The van der Waals surface area contributed by atoms with Gasteiger partial charge in [0.05, 0.1) is 12.0 Å². The lowest BCUT2D eigenvalue weighted by atomic mass is 9.95. The summed E-state index contributed by atoms with van der Waals surface area (Å²) in [6.45, 7) is 0.561. The highest BCUT2D eigenvalue weighted by Gasteiger charge is 2.26. The Labute approximate surface area is 158 Å². The van der Waals surface area contributed by atoms with Crippen LogP contribution in [0.2, 0.25) is 0 Å². The Kier molecular flexibility index (Phi) is 5.32. The van der Waals surface area contributed by atoms with Crippen molar-refractivity contribution in [2.75, 3.05) is 25.1 Å². The second kappa shape index (κ2) is 7.69. The Morgan fingerprint density at radius 3 is 2.65 bits per heavy atom. The molecule has 2 aliphatic carbocycles. The molecular weight excluding hydrogens is 346 g/mol. The molecule has 2 aliphatic rings. The van der Waals surface area contributed by atoms with Crippen LogP contribution in [-0.4, -0.2) is 34.9 Å². The fraction of sp³-hybridized carbons (Fsp3) is 0.700. The molecule has 4 rings (SSSR count). The maximum Gasteiger partial charge on any atom is 0.264 e. The third-order valence-electron chi connectivity index (χ3n) is 5.97. The predicted octanol–water partition coefficient (Wildman–Crippen LogP) is 3.66. The number of fused-ring (bicyclic) bond motifs is 3. The third kappa shape index (κ3) is 3.18. The van der Waals surface area contributed by atoms with E-state index in [4.69, 9.17) is 4.98 Å². The monoisotopic (exact) mass is 375 g/mol. The molecule has 0 aliphatic heterocycles. The van der Waals surface area contributed by atoms with Crippen LogP contribution in [0, 0.1) is 0 Å². The summed E-state index contributed by atoms with van der Waals surface area (Å²) in [5, 5.41) is 10.3. The summed E-state index contributed by atoms with van der Waals surface area (Å²) < 4.78 is 1.97. The van der Waals surface area contributed by atoms with E-state index in [1.807, 2.05) is 16.5 Å². The minimum Gasteiger partial charge on any atom is -0.395 e. The summed E-state index contributed by atoms with van der Waals surface area (Å²) >= 11 is 1.72. The Hall–Kier alpha value is -1.40. The number of anilines is 1. The maximum absolute atomic E-state index is 13.6. The van der Waals surface area contributed by atoms with Gasteiger partial charge in [-0.05, 0) is 44.1 Å². The number of rotatable bonds is 4. The molecule has 0 bridgehead atoms. The van der Waals surface area contributed by atoms with Gasteiger partial charge in [-0.15, -0.1) is 11.3 Å². The number of hydrogen-bond acceptors (Lipinski definition) is 5. The number of likely N-dealkylation sites (N-methyl/N-ethyl adjacent to an activating group) is 1. The quantitative estimate of drug-likeness (QED) is 0.829. The first-order valence-corrected chi connectivity index (χ1v) is 10.9. The summed E-state index contributed by atoms with van der Waals surface area (Å²) in [6, 6.07) is 0.241. The van der Waals surface area contributed by atoms with Crippen molar-refractivity contribution in [1.29, 1.82) is 0 Å². The molecule has 0 amide bonds. The van der Waals surface area contributed by atoms with E-state index in [0.717, 1.165) is 41.8 Å². The number of thiophene rings is 1. The minimum absolute atomic E-state index is 0.0655.